The molecule has 1 amide bonds. The van der Waals surface area contributed by atoms with Gasteiger partial charge in [0, 0.05) is 10.2 Å². The highest BCUT2D eigenvalue weighted by atomic mass is 79.9. The molecule has 0 saturated heterocycles. The second-order valence-electron chi connectivity index (χ2n) is 3.67. The van der Waals surface area contributed by atoms with E-state index in [1.54, 1.807) is 24.3 Å². The number of hydrogen-bond acceptors (Lipinski definition) is 2. The molecule has 0 atom stereocenters. The van der Waals surface area contributed by atoms with Gasteiger partial charge in [-0.05, 0) is 46.3 Å². The topological polar surface area (TPSA) is 55.1 Å². The summed E-state index contributed by atoms with van der Waals surface area (Å²) >= 11 is 3.29. The molecule has 92 valence electrons. The average Bonchev–Trinajstić information content (AvgIpc) is 2.34. The van der Waals surface area contributed by atoms with Crippen LogP contribution in [0.5, 0.6) is 0 Å². The molecule has 5 heteroatoms. The Balaban J connectivity index is 2.27. The van der Waals surface area contributed by atoms with Crippen LogP contribution in [0.2, 0.25) is 0 Å². The Morgan fingerprint density at radius 2 is 1.94 bits per heavy atom. The molecule has 0 heterocycles. The third-order valence-electron chi connectivity index (χ3n) is 2.36. The van der Waals surface area contributed by atoms with E-state index in [0.29, 0.717) is 15.8 Å². The van der Waals surface area contributed by atoms with Crippen LogP contribution in [0.1, 0.15) is 10.4 Å². The summed E-state index contributed by atoms with van der Waals surface area (Å²) in [7, 11) is 0. The van der Waals surface area contributed by atoms with Gasteiger partial charge in [0.05, 0.1) is 11.3 Å². The number of nitrogens with one attached hydrogen (secondary N) is 1. The minimum atomic E-state index is -0.560. The molecule has 0 aliphatic heterocycles. The first kappa shape index (κ1) is 12.6. The van der Waals surface area contributed by atoms with E-state index in [0.717, 1.165) is 0 Å². The molecule has 0 unspecified atom stereocenters. The van der Waals surface area contributed by atoms with E-state index in [-0.39, 0.29) is 5.56 Å². The van der Waals surface area contributed by atoms with Crippen molar-refractivity contribution in [3.8, 4) is 0 Å². The van der Waals surface area contributed by atoms with Crippen LogP contribution in [0, 0.1) is 5.82 Å². The zero-order valence-corrected chi connectivity index (χ0v) is 10.9. The fraction of sp³-hybridized carbons (Fsp3) is 0. The molecule has 0 fully saturated rings. The van der Waals surface area contributed by atoms with Crippen LogP contribution in [0.4, 0.5) is 15.8 Å². The van der Waals surface area contributed by atoms with E-state index in [2.05, 4.69) is 21.2 Å². The van der Waals surface area contributed by atoms with Crippen molar-refractivity contribution < 1.29 is 9.18 Å². The van der Waals surface area contributed by atoms with Crippen molar-refractivity contribution in [1.29, 1.82) is 0 Å². The smallest absolute Gasteiger partial charge is 0.258 e. The first-order chi connectivity index (χ1) is 8.58. The van der Waals surface area contributed by atoms with Crippen molar-refractivity contribution in [2.45, 2.75) is 0 Å². The maximum absolute atomic E-state index is 13.4. The number of benzene rings is 2. The monoisotopic (exact) mass is 308 g/mol. The molecule has 0 spiro atoms. The second kappa shape index (κ2) is 5.18. The van der Waals surface area contributed by atoms with E-state index in [9.17, 15) is 9.18 Å². The third kappa shape index (κ3) is 2.68. The maximum Gasteiger partial charge on any atom is 0.258 e. The predicted octanol–water partition coefficient (Wildman–Crippen LogP) is 3.42. The third-order valence-corrected chi connectivity index (χ3v) is 3.05. The lowest BCUT2D eigenvalue weighted by Gasteiger charge is -2.08. The first-order valence-corrected chi connectivity index (χ1v) is 5.98. The largest absolute Gasteiger partial charge is 0.399 e. The van der Waals surface area contributed by atoms with Crippen molar-refractivity contribution in [3.63, 3.8) is 0 Å². The summed E-state index contributed by atoms with van der Waals surface area (Å²) in [6.07, 6.45) is 0. The molecule has 0 radical (unpaired) electrons. The van der Waals surface area contributed by atoms with E-state index < -0.39 is 11.7 Å². The Morgan fingerprint density at radius 3 is 2.67 bits per heavy atom. The van der Waals surface area contributed by atoms with Crippen LogP contribution in [0.3, 0.4) is 0 Å². The van der Waals surface area contributed by atoms with Crippen LogP contribution < -0.4 is 11.1 Å². The maximum atomic E-state index is 13.4. The lowest BCUT2D eigenvalue weighted by atomic mass is 10.2. The lowest BCUT2D eigenvalue weighted by molar-refractivity contribution is 0.102. The number of carbonyl (C=O) groups is 1. The van der Waals surface area contributed by atoms with Gasteiger partial charge in [-0.3, -0.25) is 4.79 Å². The number of nitrogen functional groups attached to an aromatic ring is 1. The fourth-order valence-electron chi connectivity index (χ4n) is 1.47. The Bertz CT molecular complexity index is 601. The number of halogens is 2. The number of anilines is 2. The van der Waals surface area contributed by atoms with Gasteiger partial charge < -0.3 is 11.1 Å². The van der Waals surface area contributed by atoms with Crippen LogP contribution in [-0.4, -0.2) is 5.91 Å². The Hall–Kier alpha value is -1.88. The van der Waals surface area contributed by atoms with E-state index in [1.165, 1.54) is 18.2 Å². The van der Waals surface area contributed by atoms with Crippen molar-refractivity contribution in [3.05, 3.63) is 58.3 Å². The fourth-order valence-corrected chi connectivity index (χ4v) is 1.82. The zero-order valence-electron chi connectivity index (χ0n) is 9.28. The average molecular weight is 309 g/mol. The van der Waals surface area contributed by atoms with Crippen LogP contribution in [-0.2, 0) is 0 Å². The van der Waals surface area contributed by atoms with Gasteiger partial charge in [0.1, 0.15) is 5.82 Å². The van der Waals surface area contributed by atoms with Gasteiger partial charge in [0.25, 0.3) is 5.91 Å². The molecule has 0 saturated carbocycles. The Kier molecular flexibility index (Phi) is 3.62. The number of hydrogen-bond donors (Lipinski definition) is 2. The summed E-state index contributed by atoms with van der Waals surface area (Å²) in [5.74, 6) is -1.07. The summed E-state index contributed by atoms with van der Waals surface area (Å²) in [5, 5.41) is 2.60. The molecule has 3 nitrogen and oxygen atoms in total. The number of rotatable bonds is 2. The number of amides is 1. The van der Waals surface area contributed by atoms with Gasteiger partial charge in [0.15, 0.2) is 0 Å². The van der Waals surface area contributed by atoms with Gasteiger partial charge in [-0.1, -0.05) is 12.1 Å². The van der Waals surface area contributed by atoms with Crippen molar-refractivity contribution in [2.24, 2.45) is 0 Å². The molecular weight excluding hydrogens is 299 g/mol. The lowest BCUT2D eigenvalue weighted by Crippen LogP contribution is -2.14. The minimum absolute atomic E-state index is 0.00757. The van der Waals surface area contributed by atoms with Crippen LogP contribution >= 0.6 is 15.9 Å². The van der Waals surface area contributed by atoms with Gasteiger partial charge >= 0.3 is 0 Å². The van der Waals surface area contributed by atoms with Gasteiger partial charge in [0.2, 0.25) is 0 Å². The molecule has 2 aromatic rings. The zero-order chi connectivity index (χ0) is 13.1. The quantitative estimate of drug-likeness (QED) is 0.835. The van der Waals surface area contributed by atoms with Crippen molar-refractivity contribution in [1.82, 2.24) is 0 Å². The predicted molar refractivity (Wildman–Crippen MR) is 72.9 cm³/mol. The van der Waals surface area contributed by atoms with E-state index in [4.69, 9.17) is 5.73 Å². The number of nitrogens with two attached hydrogens (primary N) is 1. The normalized spacial score (nSPS) is 10.1. The van der Waals surface area contributed by atoms with Gasteiger partial charge in [-0.15, -0.1) is 0 Å². The molecule has 3 N–H and O–H groups in total. The standard InChI is InChI=1S/C13H10BrFN2O/c14-10-6-5-8(16)7-12(10)17-13(18)9-3-1-2-4-11(9)15/h1-7H,16H2,(H,17,18). The molecule has 2 aromatic carbocycles. The number of carbonyl (C=O) groups excluding carboxylic acids is 1. The molecule has 0 aliphatic rings. The molecule has 0 aromatic heterocycles. The van der Waals surface area contributed by atoms with Crippen LogP contribution in [0.15, 0.2) is 46.9 Å². The second-order valence-corrected chi connectivity index (χ2v) is 4.53. The summed E-state index contributed by atoms with van der Waals surface area (Å²) in [6.45, 7) is 0. The summed E-state index contributed by atoms with van der Waals surface area (Å²) in [6, 6.07) is 10.8. The highest BCUT2D eigenvalue weighted by Crippen LogP contribution is 2.25. The Labute approximate surface area is 112 Å². The first-order valence-electron chi connectivity index (χ1n) is 5.19. The van der Waals surface area contributed by atoms with Gasteiger partial charge in [-0.25, -0.2) is 4.39 Å². The highest BCUT2D eigenvalue weighted by Gasteiger charge is 2.12. The molecule has 0 bridgehead atoms. The Morgan fingerprint density at radius 1 is 1.22 bits per heavy atom. The molecule has 2 rings (SSSR count). The summed E-state index contributed by atoms with van der Waals surface area (Å²) in [5.41, 5.74) is 6.64. The van der Waals surface area contributed by atoms with Crippen LogP contribution in [0.25, 0.3) is 0 Å². The SMILES string of the molecule is Nc1ccc(Br)c(NC(=O)c2ccccc2F)c1. The molecule has 18 heavy (non-hydrogen) atoms. The van der Waals surface area contributed by atoms with E-state index >= 15 is 0 Å². The molecular formula is C13H10BrFN2O. The van der Waals surface area contributed by atoms with Gasteiger partial charge in [-0.2, -0.15) is 0 Å². The van der Waals surface area contributed by atoms with Crippen molar-refractivity contribution in [2.75, 3.05) is 11.1 Å². The van der Waals surface area contributed by atoms with E-state index in [1.807, 2.05) is 0 Å². The summed E-state index contributed by atoms with van der Waals surface area (Å²) in [4.78, 5) is 11.9. The molecule has 0 aliphatic carbocycles. The minimum Gasteiger partial charge on any atom is -0.399 e. The summed E-state index contributed by atoms with van der Waals surface area (Å²) < 4.78 is 14.1. The van der Waals surface area contributed by atoms with Crippen molar-refractivity contribution >= 4 is 33.2 Å². The highest BCUT2D eigenvalue weighted by molar-refractivity contribution is 9.10.